The molecule has 2 atom stereocenters. The quantitative estimate of drug-likeness (QED) is 0.502. The summed E-state index contributed by atoms with van der Waals surface area (Å²) < 4.78 is 20.7. The van der Waals surface area contributed by atoms with E-state index in [9.17, 15) is 18.7 Å². The van der Waals surface area contributed by atoms with Crippen LogP contribution in [0, 0.1) is 13.8 Å². The third kappa shape index (κ3) is 5.56. The number of aryl methyl sites for hydroxylation is 2. The molecule has 1 aromatic heterocycles. The maximum Gasteiger partial charge on any atom is 0.251 e. The Labute approximate surface area is 177 Å². The van der Waals surface area contributed by atoms with Crippen LogP contribution in [0.2, 0.25) is 0 Å². The fourth-order valence-electron chi connectivity index (χ4n) is 3.02. The van der Waals surface area contributed by atoms with E-state index in [1.165, 1.54) is 0 Å². The van der Waals surface area contributed by atoms with E-state index < -0.39 is 23.0 Å². The van der Waals surface area contributed by atoms with Gasteiger partial charge in [0.2, 0.25) is 0 Å². The third-order valence-electron chi connectivity index (χ3n) is 4.62. The second-order valence-corrected chi connectivity index (χ2v) is 7.95. The number of rotatable bonds is 7. The van der Waals surface area contributed by atoms with Gasteiger partial charge in [0, 0.05) is 23.5 Å². The van der Waals surface area contributed by atoms with Gasteiger partial charge < -0.3 is 15.0 Å². The minimum atomic E-state index is -2.04. The normalized spacial score (nSPS) is 12.9. The summed E-state index contributed by atoms with van der Waals surface area (Å²) in [5.74, 6) is 0.0950. The molecule has 3 aromatic rings. The molecule has 3 N–H and O–H groups in total. The number of aliphatic hydroxyl groups is 1. The van der Waals surface area contributed by atoms with Gasteiger partial charge in [-0.15, -0.1) is 0 Å². The molecule has 0 bridgehead atoms. The van der Waals surface area contributed by atoms with Gasteiger partial charge in [-0.25, -0.2) is 14.2 Å². The van der Waals surface area contributed by atoms with E-state index in [1.807, 2.05) is 31.2 Å². The number of carbonyl (C=O) groups excluding carboxylic acids is 1. The van der Waals surface area contributed by atoms with Crippen molar-refractivity contribution in [3.8, 4) is 11.1 Å². The highest BCUT2D eigenvalue weighted by molar-refractivity contribution is 7.78. The first-order valence-electron chi connectivity index (χ1n) is 9.34. The molecular formula is C22H23N3O4S. The van der Waals surface area contributed by atoms with E-state index in [4.69, 9.17) is 0 Å². The lowest BCUT2D eigenvalue weighted by Gasteiger charge is -2.17. The number of carbonyl (C=O) groups is 1. The third-order valence-corrected chi connectivity index (χ3v) is 5.20. The van der Waals surface area contributed by atoms with Crippen LogP contribution in [0.1, 0.15) is 38.9 Å². The highest BCUT2D eigenvalue weighted by atomic mass is 32.2. The summed E-state index contributed by atoms with van der Waals surface area (Å²) in [6.45, 7) is 3.42. The first-order chi connectivity index (χ1) is 14.4. The number of hydrogen-bond donors (Lipinski definition) is 3. The van der Waals surface area contributed by atoms with Gasteiger partial charge in [0.05, 0.1) is 18.4 Å². The van der Waals surface area contributed by atoms with Crippen molar-refractivity contribution in [1.29, 1.82) is 0 Å². The first kappa shape index (κ1) is 21.8. The number of hydrogen-bond acceptors (Lipinski definition) is 5. The Morgan fingerprint density at radius 3 is 2.33 bits per heavy atom. The van der Waals surface area contributed by atoms with Gasteiger partial charge in [0.25, 0.3) is 5.91 Å². The van der Waals surface area contributed by atoms with Crippen LogP contribution in [0.3, 0.4) is 0 Å². The van der Waals surface area contributed by atoms with Gasteiger partial charge in [-0.2, -0.15) is 0 Å². The summed E-state index contributed by atoms with van der Waals surface area (Å²) >= 11 is -2.04. The van der Waals surface area contributed by atoms with Crippen molar-refractivity contribution in [2.24, 2.45) is 0 Å². The first-order valence-corrected chi connectivity index (χ1v) is 10.6. The largest absolute Gasteiger partial charge is 0.394 e. The Morgan fingerprint density at radius 2 is 1.73 bits per heavy atom. The minimum Gasteiger partial charge on any atom is -0.394 e. The average Bonchev–Trinajstić information content (AvgIpc) is 2.72. The summed E-state index contributed by atoms with van der Waals surface area (Å²) in [5, 5.41) is 12.5. The number of nitrogens with zero attached hydrogens (tertiary/aromatic N) is 2. The van der Waals surface area contributed by atoms with Crippen LogP contribution in [0.25, 0.3) is 11.1 Å². The van der Waals surface area contributed by atoms with E-state index >= 15 is 0 Å². The molecule has 0 aliphatic heterocycles. The molecule has 156 valence electrons. The molecule has 0 saturated carbocycles. The molecule has 30 heavy (non-hydrogen) atoms. The number of aromatic nitrogens is 2. The van der Waals surface area contributed by atoms with Crippen LogP contribution < -0.4 is 5.32 Å². The summed E-state index contributed by atoms with van der Waals surface area (Å²) in [6, 6.07) is 12.2. The van der Waals surface area contributed by atoms with Gasteiger partial charge in [0.15, 0.2) is 11.1 Å². The van der Waals surface area contributed by atoms with Crippen LogP contribution in [-0.4, -0.2) is 36.4 Å². The SMILES string of the molecule is Cc1ccc(-c2cc(CS(=O)O)cc(C(=O)N[C@H](CO)c3cnc(C)nc3)c2)cc1. The molecule has 1 amide bonds. The van der Waals surface area contributed by atoms with Crippen molar-refractivity contribution in [2.75, 3.05) is 6.61 Å². The Hall–Kier alpha value is -2.94. The van der Waals surface area contributed by atoms with E-state index in [0.717, 1.165) is 16.7 Å². The zero-order chi connectivity index (χ0) is 21.7. The van der Waals surface area contributed by atoms with Crippen molar-refractivity contribution in [3.63, 3.8) is 0 Å². The van der Waals surface area contributed by atoms with Crippen molar-refractivity contribution in [3.05, 3.63) is 82.9 Å². The molecule has 8 heteroatoms. The Morgan fingerprint density at radius 1 is 1.07 bits per heavy atom. The Balaban J connectivity index is 1.93. The number of amides is 1. The van der Waals surface area contributed by atoms with Gasteiger partial charge >= 0.3 is 0 Å². The molecule has 2 aromatic carbocycles. The lowest BCUT2D eigenvalue weighted by Crippen LogP contribution is -2.31. The molecule has 1 unspecified atom stereocenters. The molecule has 0 radical (unpaired) electrons. The molecule has 0 aliphatic carbocycles. The van der Waals surface area contributed by atoms with Crippen LogP contribution in [0.4, 0.5) is 0 Å². The lowest BCUT2D eigenvalue weighted by atomic mass is 9.99. The maximum atomic E-state index is 12.9. The predicted molar refractivity (Wildman–Crippen MR) is 115 cm³/mol. The lowest BCUT2D eigenvalue weighted by molar-refractivity contribution is 0.0916. The smallest absolute Gasteiger partial charge is 0.251 e. The Kier molecular flexibility index (Phi) is 7.04. The second-order valence-electron chi connectivity index (χ2n) is 7.02. The predicted octanol–water partition coefficient (Wildman–Crippen LogP) is 2.95. The summed E-state index contributed by atoms with van der Waals surface area (Å²) in [4.78, 5) is 21.1. The molecule has 3 rings (SSSR count). The van der Waals surface area contributed by atoms with E-state index in [-0.39, 0.29) is 12.4 Å². The molecule has 0 saturated heterocycles. The number of aliphatic hydroxyl groups excluding tert-OH is 1. The van der Waals surface area contributed by atoms with Crippen LogP contribution in [0.15, 0.2) is 54.9 Å². The second kappa shape index (κ2) is 9.71. The summed E-state index contributed by atoms with van der Waals surface area (Å²) in [7, 11) is 0. The van der Waals surface area contributed by atoms with Gasteiger partial charge in [-0.05, 0) is 42.7 Å². The molecular weight excluding hydrogens is 402 g/mol. The molecule has 0 spiro atoms. The van der Waals surface area contributed by atoms with E-state index in [0.29, 0.717) is 22.5 Å². The standard InChI is InChI=1S/C22H23N3O4S/c1-14-3-5-17(6-4-14)18-7-16(13-30(28)29)8-19(9-18)22(27)25-21(12-26)20-10-23-15(2)24-11-20/h3-11,21,26H,12-13H2,1-2H3,(H,25,27)(H,28,29)/t21-/m1/s1. The molecule has 7 nitrogen and oxygen atoms in total. The molecule has 0 fully saturated rings. The monoisotopic (exact) mass is 425 g/mol. The van der Waals surface area contributed by atoms with Gasteiger partial charge in [-0.3, -0.25) is 4.79 Å². The minimum absolute atomic E-state index is 0.0881. The number of nitrogens with one attached hydrogen (secondary N) is 1. The zero-order valence-electron chi connectivity index (χ0n) is 16.7. The van der Waals surface area contributed by atoms with E-state index in [1.54, 1.807) is 37.5 Å². The summed E-state index contributed by atoms with van der Waals surface area (Å²) in [5.41, 5.74) is 4.25. The van der Waals surface area contributed by atoms with Crippen LogP contribution in [-0.2, 0) is 16.8 Å². The fourth-order valence-corrected chi connectivity index (χ4v) is 3.47. The highest BCUT2D eigenvalue weighted by Crippen LogP contribution is 2.24. The van der Waals surface area contributed by atoms with Gasteiger partial charge in [0.1, 0.15) is 5.82 Å². The average molecular weight is 426 g/mol. The molecule has 1 heterocycles. The molecule has 0 aliphatic rings. The van der Waals surface area contributed by atoms with Crippen molar-refractivity contribution < 1.29 is 18.7 Å². The maximum absolute atomic E-state index is 12.9. The van der Waals surface area contributed by atoms with E-state index in [2.05, 4.69) is 15.3 Å². The Bertz CT molecular complexity index is 1050. The fraction of sp³-hybridized carbons (Fsp3) is 0.227. The van der Waals surface area contributed by atoms with Crippen molar-refractivity contribution in [1.82, 2.24) is 15.3 Å². The highest BCUT2D eigenvalue weighted by Gasteiger charge is 2.17. The number of benzene rings is 2. The zero-order valence-corrected chi connectivity index (χ0v) is 17.5. The van der Waals surface area contributed by atoms with Crippen molar-refractivity contribution in [2.45, 2.75) is 25.6 Å². The topological polar surface area (TPSA) is 112 Å². The van der Waals surface area contributed by atoms with Crippen molar-refractivity contribution >= 4 is 17.0 Å². The van der Waals surface area contributed by atoms with Gasteiger partial charge in [-0.1, -0.05) is 35.9 Å². The summed E-state index contributed by atoms with van der Waals surface area (Å²) in [6.07, 6.45) is 3.12. The van der Waals surface area contributed by atoms with Crippen LogP contribution >= 0.6 is 0 Å². The van der Waals surface area contributed by atoms with Crippen LogP contribution in [0.5, 0.6) is 0 Å².